The lowest BCUT2D eigenvalue weighted by molar-refractivity contribution is -0.165. The molecule has 1 aliphatic heterocycles. The molecule has 1 aliphatic rings. The lowest BCUT2D eigenvalue weighted by atomic mass is 9.91. The van der Waals surface area contributed by atoms with Gasteiger partial charge in [-0.3, -0.25) is 4.79 Å². The molecule has 120 valence electrons. The number of piperidine rings is 1. The molecule has 0 aromatic heterocycles. The normalized spacial score (nSPS) is 17.1. The Labute approximate surface area is 129 Å². The summed E-state index contributed by atoms with van der Waals surface area (Å²) in [5.41, 5.74) is -0.671. The lowest BCUT2D eigenvalue weighted by Crippen LogP contribution is -2.50. The zero-order chi connectivity index (χ0) is 16.2. The maximum absolute atomic E-state index is 12.2. The molecular weight excluding hydrogens is 286 g/mol. The van der Waals surface area contributed by atoms with Gasteiger partial charge in [-0.05, 0) is 24.1 Å². The number of rotatable bonds is 5. The van der Waals surface area contributed by atoms with Gasteiger partial charge >= 0.3 is 5.97 Å². The summed E-state index contributed by atoms with van der Waals surface area (Å²) in [4.78, 5) is 24.8. The fourth-order valence-electron chi connectivity index (χ4n) is 2.58. The molecule has 1 amide bonds. The molecule has 0 aliphatic carbocycles. The topological polar surface area (TPSA) is 87.1 Å². The number of amides is 1. The Morgan fingerprint density at radius 2 is 2.00 bits per heavy atom. The maximum atomic E-state index is 12.2. The van der Waals surface area contributed by atoms with Crippen LogP contribution in [0.2, 0.25) is 0 Å². The molecule has 6 heteroatoms. The Balaban J connectivity index is 1.85. The van der Waals surface area contributed by atoms with Gasteiger partial charge in [0.15, 0.2) is 5.60 Å². The van der Waals surface area contributed by atoms with Gasteiger partial charge in [-0.1, -0.05) is 12.1 Å². The molecule has 1 aromatic rings. The van der Waals surface area contributed by atoms with E-state index in [9.17, 15) is 14.7 Å². The smallest absolute Gasteiger partial charge is 0.335 e. The molecule has 0 bridgehead atoms. The number of benzene rings is 1. The van der Waals surface area contributed by atoms with Crippen LogP contribution in [0.4, 0.5) is 0 Å². The third kappa shape index (κ3) is 3.76. The summed E-state index contributed by atoms with van der Waals surface area (Å²) in [7, 11) is 1.60. The van der Waals surface area contributed by atoms with Crippen LogP contribution < -0.4 is 4.74 Å². The van der Waals surface area contributed by atoms with Crippen LogP contribution in [0.25, 0.3) is 0 Å². The molecule has 1 aromatic carbocycles. The van der Waals surface area contributed by atoms with Crippen molar-refractivity contribution >= 4 is 11.9 Å². The molecule has 2 N–H and O–H groups in total. The van der Waals surface area contributed by atoms with E-state index >= 15 is 0 Å². The number of aliphatic hydroxyl groups is 1. The second kappa shape index (κ2) is 6.79. The second-order valence-corrected chi connectivity index (χ2v) is 5.57. The number of hydrogen-bond acceptors (Lipinski definition) is 4. The molecule has 1 saturated heterocycles. The van der Waals surface area contributed by atoms with Crippen LogP contribution in [0.1, 0.15) is 24.8 Å². The van der Waals surface area contributed by atoms with Gasteiger partial charge in [-0.2, -0.15) is 0 Å². The van der Waals surface area contributed by atoms with Gasteiger partial charge in [0.25, 0.3) is 0 Å². The standard InChI is InChI=1S/C16H21NO5/c1-22-13-4-2-3-12(11-13)5-6-14(18)17-9-7-16(21,8-10-17)15(19)20/h2-4,11,21H,5-10H2,1H3,(H,19,20). The minimum atomic E-state index is -1.69. The number of aliphatic carboxylic acids is 1. The van der Waals surface area contributed by atoms with E-state index in [-0.39, 0.29) is 31.8 Å². The predicted molar refractivity (Wildman–Crippen MR) is 79.7 cm³/mol. The van der Waals surface area contributed by atoms with Gasteiger partial charge in [-0.15, -0.1) is 0 Å². The number of hydrogen-bond donors (Lipinski definition) is 2. The Morgan fingerprint density at radius 3 is 2.59 bits per heavy atom. The number of nitrogens with zero attached hydrogens (tertiary/aromatic N) is 1. The maximum Gasteiger partial charge on any atom is 0.335 e. The fraction of sp³-hybridized carbons (Fsp3) is 0.500. The molecule has 0 saturated carbocycles. The summed E-state index contributed by atoms with van der Waals surface area (Å²) < 4.78 is 5.14. The summed E-state index contributed by atoms with van der Waals surface area (Å²) in [6.45, 7) is 0.555. The van der Waals surface area contributed by atoms with Crippen LogP contribution in [0.15, 0.2) is 24.3 Å². The van der Waals surface area contributed by atoms with Crippen molar-refractivity contribution in [2.24, 2.45) is 0 Å². The van der Waals surface area contributed by atoms with E-state index in [4.69, 9.17) is 9.84 Å². The summed E-state index contributed by atoms with van der Waals surface area (Å²) >= 11 is 0. The molecule has 1 fully saturated rings. The zero-order valence-electron chi connectivity index (χ0n) is 12.6. The van der Waals surface area contributed by atoms with E-state index in [0.29, 0.717) is 12.8 Å². The van der Waals surface area contributed by atoms with Gasteiger partial charge in [0, 0.05) is 32.4 Å². The SMILES string of the molecule is COc1cccc(CCC(=O)N2CCC(O)(C(=O)O)CC2)c1. The second-order valence-electron chi connectivity index (χ2n) is 5.57. The van der Waals surface area contributed by atoms with Crippen LogP contribution in [0.3, 0.4) is 0 Å². The molecule has 0 radical (unpaired) electrons. The van der Waals surface area contributed by atoms with E-state index in [0.717, 1.165) is 11.3 Å². The van der Waals surface area contributed by atoms with Crippen molar-refractivity contribution in [1.29, 1.82) is 0 Å². The first-order chi connectivity index (χ1) is 10.4. The molecule has 2 rings (SSSR count). The third-order valence-electron chi connectivity index (χ3n) is 4.10. The van der Waals surface area contributed by atoms with E-state index in [1.165, 1.54) is 0 Å². The largest absolute Gasteiger partial charge is 0.497 e. The highest BCUT2D eigenvalue weighted by Crippen LogP contribution is 2.23. The first-order valence-corrected chi connectivity index (χ1v) is 7.31. The number of carbonyl (C=O) groups is 2. The number of aryl methyl sites for hydroxylation is 1. The lowest BCUT2D eigenvalue weighted by Gasteiger charge is -2.35. The zero-order valence-corrected chi connectivity index (χ0v) is 12.6. The van der Waals surface area contributed by atoms with Crippen LogP contribution >= 0.6 is 0 Å². The van der Waals surface area contributed by atoms with Crippen LogP contribution in [-0.4, -0.2) is 52.8 Å². The quantitative estimate of drug-likeness (QED) is 0.849. The third-order valence-corrected chi connectivity index (χ3v) is 4.10. The monoisotopic (exact) mass is 307 g/mol. The van der Waals surface area contributed by atoms with Crippen LogP contribution in [0.5, 0.6) is 5.75 Å². The average molecular weight is 307 g/mol. The van der Waals surface area contributed by atoms with E-state index in [1.54, 1.807) is 12.0 Å². The molecule has 6 nitrogen and oxygen atoms in total. The van der Waals surface area contributed by atoms with Gasteiger partial charge in [-0.25, -0.2) is 4.79 Å². The van der Waals surface area contributed by atoms with Crippen molar-refractivity contribution in [2.75, 3.05) is 20.2 Å². The van der Waals surface area contributed by atoms with Gasteiger partial charge in [0.05, 0.1) is 7.11 Å². The summed E-state index contributed by atoms with van der Waals surface area (Å²) in [6, 6.07) is 7.57. The van der Waals surface area contributed by atoms with Crippen molar-refractivity contribution in [3.05, 3.63) is 29.8 Å². The highest BCUT2D eigenvalue weighted by molar-refractivity contribution is 5.79. The van der Waals surface area contributed by atoms with Gasteiger partial charge in [0.1, 0.15) is 5.75 Å². The van der Waals surface area contributed by atoms with Crippen molar-refractivity contribution in [3.8, 4) is 5.75 Å². The molecule has 0 spiro atoms. The number of carboxylic acids is 1. The number of likely N-dealkylation sites (tertiary alicyclic amines) is 1. The van der Waals surface area contributed by atoms with Crippen LogP contribution in [-0.2, 0) is 16.0 Å². The predicted octanol–water partition coefficient (Wildman–Crippen LogP) is 1.07. The number of carboxylic acid groups (broad SMARTS) is 1. The minimum absolute atomic E-state index is 0.0183. The Bertz CT molecular complexity index is 549. The molecule has 1 heterocycles. The van der Waals surface area contributed by atoms with Gasteiger partial charge in [0.2, 0.25) is 5.91 Å². The highest BCUT2D eigenvalue weighted by atomic mass is 16.5. The average Bonchev–Trinajstić information content (AvgIpc) is 2.53. The van der Waals surface area contributed by atoms with Crippen molar-refractivity contribution in [2.45, 2.75) is 31.3 Å². The Kier molecular flexibility index (Phi) is 5.03. The summed E-state index contributed by atoms with van der Waals surface area (Å²) in [6.07, 6.45) is 1.12. The number of ether oxygens (including phenoxy) is 1. The van der Waals surface area contributed by atoms with Crippen LogP contribution in [0, 0.1) is 0 Å². The summed E-state index contributed by atoms with van der Waals surface area (Å²) in [5.74, 6) is -0.472. The molecule has 22 heavy (non-hydrogen) atoms. The van der Waals surface area contributed by atoms with Gasteiger partial charge < -0.3 is 19.8 Å². The van der Waals surface area contributed by atoms with E-state index in [2.05, 4.69) is 0 Å². The van der Waals surface area contributed by atoms with E-state index in [1.807, 2.05) is 24.3 Å². The first kappa shape index (κ1) is 16.3. The highest BCUT2D eigenvalue weighted by Gasteiger charge is 2.40. The Morgan fingerprint density at radius 1 is 1.32 bits per heavy atom. The number of carbonyl (C=O) groups excluding carboxylic acids is 1. The molecular formula is C16H21NO5. The van der Waals surface area contributed by atoms with E-state index < -0.39 is 11.6 Å². The van der Waals surface area contributed by atoms with Crippen molar-refractivity contribution < 1.29 is 24.5 Å². The number of methoxy groups -OCH3 is 1. The minimum Gasteiger partial charge on any atom is -0.497 e. The Hall–Kier alpha value is -2.08. The fourth-order valence-corrected chi connectivity index (χ4v) is 2.58. The molecule has 0 unspecified atom stereocenters. The van der Waals surface area contributed by atoms with Crippen molar-refractivity contribution in [3.63, 3.8) is 0 Å². The van der Waals surface area contributed by atoms with Crippen molar-refractivity contribution in [1.82, 2.24) is 4.90 Å². The first-order valence-electron chi connectivity index (χ1n) is 7.31. The summed E-state index contributed by atoms with van der Waals surface area (Å²) in [5, 5.41) is 18.8. The molecule has 0 atom stereocenters.